The summed E-state index contributed by atoms with van der Waals surface area (Å²) in [6.45, 7) is 3.11. The molecule has 1 aliphatic rings. The number of ketones is 1. The van der Waals surface area contributed by atoms with Crippen LogP contribution in [0, 0.1) is 5.82 Å². The Morgan fingerprint density at radius 3 is 2.29 bits per heavy atom. The Balaban J connectivity index is 1.26. The number of carbonyl (C=O) groups excluding carboxylic acids is 1. The molecule has 3 aromatic rings. The molecule has 1 fully saturated rings. The SMILES string of the molecule is O=C(CCCN1CCC(c2ccccc2Cc2ccccc2)CC1)c1ccc(F)cc1. The highest BCUT2D eigenvalue weighted by Gasteiger charge is 2.22. The zero-order chi connectivity index (χ0) is 21.5. The van der Waals surface area contributed by atoms with Crippen molar-refractivity contribution in [3.05, 3.63) is 107 Å². The molecule has 0 aromatic heterocycles. The van der Waals surface area contributed by atoms with Crippen LogP contribution >= 0.6 is 0 Å². The number of benzene rings is 3. The fourth-order valence-electron chi connectivity index (χ4n) is 4.62. The maximum Gasteiger partial charge on any atom is 0.162 e. The molecular formula is C28H30FNO. The summed E-state index contributed by atoms with van der Waals surface area (Å²) < 4.78 is 13.0. The van der Waals surface area contributed by atoms with Crippen molar-refractivity contribution in [3.8, 4) is 0 Å². The highest BCUT2D eigenvalue weighted by molar-refractivity contribution is 5.95. The topological polar surface area (TPSA) is 20.3 Å². The van der Waals surface area contributed by atoms with Crippen LogP contribution in [0.2, 0.25) is 0 Å². The molecule has 0 saturated carbocycles. The van der Waals surface area contributed by atoms with Crippen molar-refractivity contribution in [3.63, 3.8) is 0 Å². The molecule has 2 nitrogen and oxygen atoms in total. The summed E-state index contributed by atoms with van der Waals surface area (Å²) in [5, 5.41) is 0. The Bertz CT molecular complexity index is 975. The Hall–Kier alpha value is -2.78. The fraction of sp³-hybridized carbons (Fsp3) is 0.321. The minimum Gasteiger partial charge on any atom is -0.303 e. The molecule has 0 unspecified atom stereocenters. The van der Waals surface area contributed by atoms with Crippen molar-refractivity contribution in [2.75, 3.05) is 19.6 Å². The zero-order valence-electron chi connectivity index (χ0n) is 18.0. The molecule has 1 aliphatic heterocycles. The molecule has 0 atom stereocenters. The molecule has 3 heteroatoms. The van der Waals surface area contributed by atoms with Crippen LogP contribution in [-0.4, -0.2) is 30.3 Å². The van der Waals surface area contributed by atoms with E-state index in [-0.39, 0.29) is 11.6 Å². The van der Waals surface area contributed by atoms with Crippen molar-refractivity contribution < 1.29 is 9.18 Å². The van der Waals surface area contributed by atoms with Gasteiger partial charge in [-0.15, -0.1) is 0 Å². The second-order valence-electron chi connectivity index (χ2n) is 8.51. The van der Waals surface area contributed by atoms with Crippen molar-refractivity contribution in [1.29, 1.82) is 0 Å². The van der Waals surface area contributed by atoms with Gasteiger partial charge >= 0.3 is 0 Å². The summed E-state index contributed by atoms with van der Waals surface area (Å²) in [5.74, 6) is 0.409. The van der Waals surface area contributed by atoms with Crippen molar-refractivity contribution in [2.45, 2.75) is 38.0 Å². The van der Waals surface area contributed by atoms with Crippen molar-refractivity contribution in [2.24, 2.45) is 0 Å². The smallest absolute Gasteiger partial charge is 0.162 e. The molecule has 31 heavy (non-hydrogen) atoms. The second kappa shape index (κ2) is 10.5. The molecule has 1 heterocycles. The summed E-state index contributed by atoms with van der Waals surface area (Å²) in [6, 6.07) is 25.4. The maximum atomic E-state index is 13.0. The number of piperidine rings is 1. The fourth-order valence-corrected chi connectivity index (χ4v) is 4.62. The van der Waals surface area contributed by atoms with Crippen molar-refractivity contribution in [1.82, 2.24) is 4.90 Å². The van der Waals surface area contributed by atoms with Crippen LogP contribution in [0.3, 0.4) is 0 Å². The van der Waals surface area contributed by atoms with Crippen LogP contribution in [0.15, 0.2) is 78.9 Å². The third-order valence-electron chi connectivity index (χ3n) is 6.36. The van der Waals surface area contributed by atoms with Crippen molar-refractivity contribution >= 4 is 5.78 Å². The van der Waals surface area contributed by atoms with E-state index in [0.717, 1.165) is 45.3 Å². The third-order valence-corrected chi connectivity index (χ3v) is 6.36. The molecule has 4 rings (SSSR count). The van der Waals surface area contributed by atoms with E-state index in [1.165, 1.54) is 28.8 Å². The largest absolute Gasteiger partial charge is 0.303 e. The quantitative estimate of drug-likeness (QED) is 0.405. The standard InChI is InChI=1S/C28H30FNO/c29-26-14-12-24(13-15-26)28(31)11-6-18-30-19-16-23(17-20-30)27-10-5-4-9-25(27)21-22-7-2-1-3-8-22/h1-5,7-10,12-15,23H,6,11,16-21H2. The van der Waals surface area contributed by atoms with Crippen LogP contribution in [0.5, 0.6) is 0 Å². The second-order valence-corrected chi connectivity index (χ2v) is 8.51. The summed E-state index contributed by atoms with van der Waals surface area (Å²) in [7, 11) is 0. The lowest BCUT2D eigenvalue weighted by Crippen LogP contribution is -2.34. The van der Waals surface area contributed by atoms with Crippen LogP contribution in [0.25, 0.3) is 0 Å². The lowest BCUT2D eigenvalue weighted by Gasteiger charge is -2.33. The van der Waals surface area contributed by atoms with Gasteiger partial charge in [-0.1, -0.05) is 54.6 Å². The summed E-state index contributed by atoms with van der Waals surface area (Å²) in [4.78, 5) is 14.8. The monoisotopic (exact) mass is 415 g/mol. The number of hydrogen-bond donors (Lipinski definition) is 0. The first kappa shape index (κ1) is 21.5. The van der Waals surface area contributed by atoms with E-state index in [0.29, 0.717) is 17.9 Å². The van der Waals surface area contributed by atoms with E-state index in [4.69, 9.17) is 0 Å². The summed E-state index contributed by atoms with van der Waals surface area (Å²) in [6.07, 6.45) is 4.69. The highest BCUT2D eigenvalue weighted by atomic mass is 19.1. The van der Waals surface area contributed by atoms with Crippen LogP contribution in [0.4, 0.5) is 4.39 Å². The normalized spacial score (nSPS) is 15.1. The van der Waals surface area contributed by atoms with E-state index in [9.17, 15) is 9.18 Å². The lowest BCUT2D eigenvalue weighted by atomic mass is 9.85. The van der Waals surface area contributed by atoms with Gasteiger partial charge in [0.25, 0.3) is 0 Å². The van der Waals surface area contributed by atoms with E-state index < -0.39 is 0 Å². The van der Waals surface area contributed by atoms with Gasteiger partial charge in [0.05, 0.1) is 0 Å². The Kier molecular flexibility index (Phi) is 7.26. The number of likely N-dealkylation sites (tertiary alicyclic amines) is 1. The molecule has 3 aromatic carbocycles. The molecule has 0 N–H and O–H groups in total. The van der Waals surface area contributed by atoms with Gasteiger partial charge in [-0.25, -0.2) is 4.39 Å². The summed E-state index contributed by atoms with van der Waals surface area (Å²) in [5.41, 5.74) is 4.91. The molecule has 0 amide bonds. The van der Waals surface area contributed by atoms with Gasteiger partial charge in [0.2, 0.25) is 0 Å². The first-order valence-electron chi connectivity index (χ1n) is 11.3. The van der Waals surface area contributed by atoms with Gasteiger partial charge < -0.3 is 4.90 Å². The Morgan fingerprint density at radius 2 is 1.55 bits per heavy atom. The molecular weight excluding hydrogens is 385 g/mol. The molecule has 0 aliphatic carbocycles. The highest BCUT2D eigenvalue weighted by Crippen LogP contribution is 2.31. The number of carbonyl (C=O) groups is 1. The summed E-state index contributed by atoms with van der Waals surface area (Å²) >= 11 is 0. The minimum absolute atomic E-state index is 0.102. The number of rotatable bonds is 8. The average molecular weight is 416 g/mol. The van der Waals surface area contributed by atoms with Gasteiger partial charge in [-0.3, -0.25) is 4.79 Å². The van der Waals surface area contributed by atoms with Gasteiger partial charge in [-0.05, 0) is 92.2 Å². The maximum absolute atomic E-state index is 13.0. The molecule has 0 spiro atoms. The lowest BCUT2D eigenvalue weighted by molar-refractivity contribution is 0.0972. The molecule has 0 radical (unpaired) electrons. The van der Waals surface area contributed by atoms with E-state index in [1.807, 2.05) is 0 Å². The van der Waals surface area contributed by atoms with Gasteiger partial charge in [0.15, 0.2) is 5.78 Å². The first-order valence-corrected chi connectivity index (χ1v) is 11.3. The Morgan fingerprint density at radius 1 is 0.871 bits per heavy atom. The zero-order valence-corrected chi connectivity index (χ0v) is 18.0. The number of nitrogens with zero attached hydrogens (tertiary/aromatic N) is 1. The van der Waals surface area contributed by atoms with E-state index in [2.05, 4.69) is 59.5 Å². The molecule has 160 valence electrons. The van der Waals surface area contributed by atoms with Gasteiger partial charge in [0.1, 0.15) is 5.82 Å². The molecule has 1 saturated heterocycles. The average Bonchev–Trinajstić information content (AvgIpc) is 2.81. The number of Topliss-reactive ketones (excluding diaryl/α,β-unsaturated/α-hetero) is 1. The predicted molar refractivity (Wildman–Crippen MR) is 124 cm³/mol. The number of halogens is 1. The number of hydrogen-bond acceptors (Lipinski definition) is 2. The molecule has 0 bridgehead atoms. The van der Waals surface area contributed by atoms with Gasteiger partial charge in [-0.2, -0.15) is 0 Å². The van der Waals surface area contributed by atoms with Gasteiger partial charge in [0, 0.05) is 12.0 Å². The third kappa shape index (κ3) is 5.89. The minimum atomic E-state index is -0.301. The Labute approximate surface area is 184 Å². The van der Waals surface area contributed by atoms with Crippen LogP contribution in [-0.2, 0) is 6.42 Å². The van der Waals surface area contributed by atoms with Crippen LogP contribution < -0.4 is 0 Å². The predicted octanol–water partition coefficient (Wildman–Crippen LogP) is 6.26. The van der Waals surface area contributed by atoms with E-state index in [1.54, 1.807) is 12.1 Å². The van der Waals surface area contributed by atoms with E-state index >= 15 is 0 Å². The van der Waals surface area contributed by atoms with Crippen LogP contribution in [0.1, 0.15) is 58.6 Å². The first-order chi connectivity index (χ1) is 15.2.